The maximum atomic E-state index is 10.8. The molecular formula is C11H14N2O. The molecule has 0 aliphatic heterocycles. The maximum Gasteiger partial charge on any atom is 0.218 e. The van der Waals surface area contributed by atoms with Crippen molar-refractivity contribution < 1.29 is 4.79 Å². The Hall–Kier alpha value is -1.51. The van der Waals surface area contributed by atoms with Crippen LogP contribution < -0.4 is 11.5 Å². The second kappa shape index (κ2) is 3.33. The minimum Gasteiger partial charge on any atom is -0.399 e. The summed E-state index contributed by atoms with van der Waals surface area (Å²) in [6, 6.07) is 5.92. The summed E-state index contributed by atoms with van der Waals surface area (Å²) in [6.07, 6.45) is 2.49. The van der Waals surface area contributed by atoms with Crippen molar-refractivity contribution in [2.45, 2.75) is 25.2 Å². The van der Waals surface area contributed by atoms with Gasteiger partial charge in [0, 0.05) is 12.1 Å². The van der Waals surface area contributed by atoms with E-state index in [1.165, 1.54) is 11.1 Å². The van der Waals surface area contributed by atoms with Crippen LogP contribution in [0.2, 0.25) is 0 Å². The lowest BCUT2D eigenvalue weighted by Crippen LogP contribution is -2.14. The topological polar surface area (TPSA) is 69.1 Å². The van der Waals surface area contributed by atoms with Crippen LogP contribution in [-0.2, 0) is 11.2 Å². The van der Waals surface area contributed by atoms with Gasteiger partial charge in [0.1, 0.15) is 0 Å². The first-order valence-electron chi connectivity index (χ1n) is 4.83. The van der Waals surface area contributed by atoms with Gasteiger partial charge in [-0.3, -0.25) is 4.79 Å². The lowest BCUT2D eigenvalue weighted by Gasteiger charge is -2.09. The largest absolute Gasteiger partial charge is 0.399 e. The number of aryl methyl sites for hydroxylation is 1. The van der Waals surface area contributed by atoms with Crippen molar-refractivity contribution in [1.29, 1.82) is 0 Å². The minimum absolute atomic E-state index is 0.231. The smallest absolute Gasteiger partial charge is 0.218 e. The third-order valence-corrected chi connectivity index (χ3v) is 2.82. The molecule has 0 bridgehead atoms. The molecule has 0 heterocycles. The number of carbonyl (C=O) groups is 1. The van der Waals surface area contributed by atoms with E-state index >= 15 is 0 Å². The van der Waals surface area contributed by atoms with Crippen LogP contribution in [-0.4, -0.2) is 5.91 Å². The summed E-state index contributed by atoms with van der Waals surface area (Å²) in [4.78, 5) is 10.8. The number of benzene rings is 1. The van der Waals surface area contributed by atoms with Gasteiger partial charge in [0.25, 0.3) is 0 Å². The fraction of sp³-hybridized carbons (Fsp3) is 0.364. The zero-order valence-corrected chi connectivity index (χ0v) is 7.99. The standard InChI is InChI=1S/C11H14N2O/c12-9-4-3-7-1-2-8(5-11(13)14)10(7)6-9/h3-4,6,8H,1-2,5,12H2,(H2,13,14). The number of rotatable bonds is 2. The Morgan fingerprint density at radius 1 is 1.50 bits per heavy atom. The van der Waals surface area contributed by atoms with Crippen molar-refractivity contribution in [3.8, 4) is 0 Å². The van der Waals surface area contributed by atoms with Gasteiger partial charge in [0.2, 0.25) is 5.91 Å². The summed E-state index contributed by atoms with van der Waals surface area (Å²) in [5.41, 5.74) is 14.2. The molecule has 2 rings (SSSR count). The SMILES string of the molecule is NC(=O)CC1CCc2ccc(N)cc21. The zero-order chi connectivity index (χ0) is 10.1. The molecule has 0 fully saturated rings. The molecule has 1 aromatic rings. The highest BCUT2D eigenvalue weighted by Crippen LogP contribution is 2.36. The van der Waals surface area contributed by atoms with E-state index in [-0.39, 0.29) is 11.8 Å². The summed E-state index contributed by atoms with van der Waals surface area (Å²) < 4.78 is 0. The van der Waals surface area contributed by atoms with Gasteiger partial charge < -0.3 is 11.5 Å². The quantitative estimate of drug-likeness (QED) is 0.687. The molecule has 1 aromatic carbocycles. The van der Waals surface area contributed by atoms with E-state index in [4.69, 9.17) is 11.5 Å². The zero-order valence-electron chi connectivity index (χ0n) is 7.99. The second-order valence-corrected chi connectivity index (χ2v) is 3.86. The molecule has 0 radical (unpaired) electrons. The van der Waals surface area contributed by atoms with Crippen molar-refractivity contribution >= 4 is 11.6 Å². The van der Waals surface area contributed by atoms with E-state index in [2.05, 4.69) is 0 Å². The summed E-state index contributed by atoms with van der Waals surface area (Å²) in [6.45, 7) is 0. The summed E-state index contributed by atoms with van der Waals surface area (Å²) in [5.74, 6) is 0.0521. The molecule has 3 nitrogen and oxygen atoms in total. The molecule has 1 aliphatic rings. The first-order chi connectivity index (χ1) is 6.66. The average molecular weight is 190 g/mol. The Morgan fingerprint density at radius 2 is 2.29 bits per heavy atom. The van der Waals surface area contributed by atoms with E-state index in [0.717, 1.165) is 18.5 Å². The van der Waals surface area contributed by atoms with Gasteiger partial charge in [-0.25, -0.2) is 0 Å². The first-order valence-corrected chi connectivity index (χ1v) is 4.83. The molecule has 4 N–H and O–H groups in total. The van der Waals surface area contributed by atoms with Gasteiger partial charge in [0.15, 0.2) is 0 Å². The number of fused-ring (bicyclic) bond motifs is 1. The van der Waals surface area contributed by atoms with E-state index in [1.54, 1.807) is 0 Å². The molecule has 14 heavy (non-hydrogen) atoms. The Labute approximate surface area is 83.1 Å². The Balaban J connectivity index is 2.28. The van der Waals surface area contributed by atoms with Crippen molar-refractivity contribution in [1.82, 2.24) is 0 Å². The van der Waals surface area contributed by atoms with Gasteiger partial charge in [-0.2, -0.15) is 0 Å². The second-order valence-electron chi connectivity index (χ2n) is 3.86. The fourth-order valence-electron chi connectivity index (χ4n) is 2.16. The summed E-state index contributed by atoms with van der Waals surface area (Å²) in [5, 5.41) is 0. The number of amides is 1. The van der Waals surface area contributed by atoms with Gasteiger partial charge in [0.05, 0.1) is 0 Å². The molecule has 1 atom stereocenters. The van der Waals surface area contributed by atoms with Crippen LogP contribution in [0.4, 0.5) is 5.69 Å². The Kier molecular flexibility index (Phi) is 2.15. The van der Waals surface area contributed by atoms with E-state index < -0.39 is 0 Å². The number of anilines is 1. The van der Waals surface area contributed by atoms with Crippen molar-refractivity contribution in [3.05, 3.63) is 29.3 Å². The number of primary amides is 1. The van der Waals surface area contributed by atoms with Crippen LogP contribution in [0.3, 0.4) is 0 Å². The van der Waals surface area contributed by atoms with E-state index in [0.29, 0.717) is 6.42 Å². The van der Waals surface area contributed by atoms with Crippen molar-refractivity contribution in [2.75, 3.05) is 5.73 Å². The lowest BCUT2D eigenvalue weighted by atomic mass is 9.97. The monoisotopic (exact) mass is 190 g/mol. The Morgan fingerprint density at radius 3 is 3.00 bits per heavy atom. The molecule has 0 aromatic heterocycles. The van der Waals surface area contributed by atoms with Crippen molar-refractivity contribution in [3.63, 3.8) is 0 Å². The predicted octanol–water partition coefficient (Wildman–Crippen LogP) is 1.17. The summed E-state index contributed by atoms with van der Waals surface area (Å²) in [7, 11) is 0. The van der Waals surface area contributed by atoms with Gasteiger partial charge >= 0.3 is 0 Å². The highest BCUT2D eigenvalue weighted by Gasteiger charge is 2.23. The number of nitrogen functional groups attached to an aromatic ring is 1. The Bertz CT molecular complexity index is 374. The highest BCUT2D eigenvalue weighted by atomic mass is 16.1. The molecule has 1 unspecified atom stereocenters. The molecule has 1 aliphatic carbocycles. The molecular weight excluding hydrogens is 176 g/mol. The highest BCUT2D eigenvalue weighted by molar-refractivity contribution is 5.75. The molecule has 1 amide bonds. The minimum atomic E-state index is -0.231. The molecule has 3 heteroatoms. The third-order valence-electron chi connectivity index (χ3n) is 2.82. The fourth-order valence-corrected chi connectivity index (χ4v) is 2.16. The number of nitrogens with two attached hydrogens (primary N) is 2. The molecule has 74 valence electrons. The van der Waals surface area contributed by atoms with Crippen LogP contribution >= 0.6 is 0 Å². The maximum absolute atomic E-state index is 10.8. The van der Waals surface area contributed by atoms with Crippen LogP contribution in [0.1, 0.15) is 29.9 Å². The first kappa shape index (κ1) is 9.06. The molecule has 0 spiro atoms. The normalized spacial score (nSPS) is 19.3. The van der Waals surface area contributed by atoms with Crippen LogP contribution in [0.25, 0.3) is 0 Å². The van der Waals surface area contributed by atoms with Crippen molar-refractivity contribution in [2.24, 2.45) is 5.73 Å². The lowest BCUT2D eigenvalue weighted by molar-refractivity contribution is -0.118. The van der Waals surface area contributed by atoms with E-state index in [9.17, 15) is 4.79 Å². The van der Waals surface area contributed by atoms with Crippen LogP contribution in [0, 0.1) is 0 Å². The van der Waals surface area contributed by atoms with Crippen LogP contribution in [0.5, 0.6) is 0 Å². The summed E-state index contributed by atoms with van der Waals surface area (Å²) >= 11 is 0. The number of carbonyl (C=O) groups excluding carboxylic acids is 1. The van der Waals surface area contributed by atoms with Gasteiger partial charge in [-0.05, 0) is 42.0 Å². The third kappa shape index (κ3) is 1.58. The molecule has 0 saturated carbocycles. The number of hydrogen-bond acceptors (Lipinski definition) is 2. The van der Waals surface area contributed by atoms with Crippen LogP contribution in [0.15, 0.2) is 18.2 Å². The average Bonchev–Trinajstić information content (AvgIpc) is 2.47. The van der Waals surface area contributed by atoms with Gasteiger partial charge in [-0.15, -0.1) is 0 Å². The molecule has 0 saturated heterocycles. The predicted molar refractivity (Wildman–Crippen MR) is 55.7 cm³/mol. The van der Waals surface area contributed by atoms with E-state index in [1.807, 2.05) is 18.2 Å². The number of hydrogen-bond donors (Lipinski definition) is 2. The van der Waals surface area contributed by atoms with Gasteiger partial charge in [-0.1, -0.05) is 6.07 Å².